The number of carbonyl (C=O) groups is 2. The van der Waals surface area contributed by atoms with Gasteiger partial charge >= 0.3 is 5.97 Å². The number of carboxylic acids is 1. The molecule has 0 fully saturated rings. The highest BCUT2D eigenvalue weighted by atomic mass is 32.2. The van der Waals surface area contributed by atoms with Crippen molar-refractivity contribution >= 4 is 21.7 Å². The van der Waals surface area contributed by atoms with E-state index in [1.54, 1.807) is 36.4 Å². The number of benzene rings is 4. The predicted octanol–water partition coefficient (Wildman–Crippen LogP) is 4.85. The summed E-state index contributed by atoms with van der Waals surface area (Å²) in [6, 6.07) is 29.5. The van der Waals surface area contributed by atoms with Crippen LogP contribution in [0.4, 0.5) is 0 Å². The monoisotopic (exact) mass is 499 g/mol. The lowest BCUT2D eigenvalue weighted by Crippen LogP contribution is -2.42. The molecule has 2 N–H and O–H groups in total. The maximum absolute atomic E-state index is 12.9. The van der Waals surface area contributed by atoms with Gasteiger partial charge in [-0.25, -0.2) is 13.2 Å². The number of carboxylic acid groups (broad SMARTS) is 1. The third-order valence-electron chi connectivity index (χ3n) is 5.84. The first-order valence-corrected chi connectivity index (χ1v) is 13.2. The molecule has 4 rings (SSSR count). The topological polar surface area (TPSA) is 101 Å². The lowest BCUT2D eigenvalue weighted by molar-refractivity contribution is -0.139. The Labute approximate surface area is 210 Å². The van der Waals surface area contributed by atoms with Crippen molar-refractivity contribution in [1.82, 2.24) is 5.32 Å². The van der Waals surface area contributed by atoms with E-state index in [1.807, 2.05) is 54.6 Å². The molecule has 4 aromatic carbocycles. The van der Waals surface area contributed by atoms with Crippen LogP contribution in [0.1, 0.15) is 15.9 Å². The highest BCUT2D eigenvalue weighted by Gasteiger charge is 2.21. The molecule has 36 heavy (non-hydrogen) atoms. The highest BCUT2D eigenvalue weighted by molar-refractivity contribution is 7.90. The minimum atomic E-state index is -3.31. The Bertz CT molecular complexity index is 1480. The fourth-order valence-electron chi connectivity index (χ4n) is 3.88. The van der Waals surface area contributed by atoms with Gasteiger partial charge < -0.3 is 10.4 Å². The van der Waals surface area contributed by atoms with E-state index in [2.05, 4.69) is 5.32 Å². The summed E-state index contributed by atoms with van der Waals surface area (Å²) in [6.45, 7) is 0. The van der Waals surface area contributed by atoms with Crippen molar-refractivity contribution in [3.63, 3.8) is 0 Å². The van der Waals surface area contributed by atoms with Crippen molar-refractivity contribution < 1.29 is 23.1 Å². The first-order valence-electron chi connectivity index (χ1n) is 11.3. The first-order chi connectivity index (χ1) is 17.2. The summed E-state index contributed by atoms with van der Waals surface area (Å²) >= 11 is 0. The van der Waals surface area contributed by atoms with Gasteiger partial charge in [-0.2, -0.15) is 0 Å². The van der Waals surface area contributed by atoms with E-state index < -0.39 is 27.8 Å². The van der Waals surface area contributed by atoms with Crippen molar-refractivity contribution in [2.24, 2.45) is 0 Å². The molecule has 0 aliphatic rings. The zero-order chi connectivity index (χ0) is 25.7. The minimum absolute atomic E-state index is 0.142. The van der Waals surface area contributed by atoms with E-state index in [4.69, 9.17) is 0 Å². The molecule has 0 saturated carbocycles. The third-order valence-corrected chi connectivity index (χ3v) is 6.97. The Hall–Kier alpha value is -4.23. The molecule has 0 aromatic heterocycles. The molecule has 1 atom stereocenters. The molecule has 0 unspecified atom stereocenters. The second kappa shape index (κ2) is 10.6. The van der Waals surface area contributed by atoms with Gasteiger partial charge in [0.05, 0.1) is 4.90 Å². The molecule has 6 nitrogen and oxygen atoms in total. The molecule has 4 aromatic rings. The van der Waals surface area contributed by atoms with Gasteiger partial charge in [-0.3, -0.25) is 4.79 Å². The van der Waals surface area contributed by atoms with Crippen LogP contribution in [-0.2, 0) is 21.1 Å². The highest BCUT2D eigenvalue weighted by Crippen LogP contribution is 2.23. The molecular formula is C29H25NO5S. The Morgan fingerprint density at radius 2 is 1.31 bits per heavy atom. The lowest BCUT2D eigenvalue weighted by Gasteiger charge is -2.15. The van der Waals surface area contributed by atoms with Crippen LogP contribution < -0.4 is 5.32 Å². The number of hydrogen-bond donors (Lipinski definition) is 2. The van der Waals surface area contributed by atoms with Crippen LogP contribution in [0.15, 0.2) is 108 Å². The standard InChI is InChI=1S/C29H25NO5S/c1-36(34,35)26-16-14-23(15-17-26)24-8-5-9-25(19-24)28(31)30-27(29(32)33)18-20-10-12-22(13-11-20)21-6-3-2-4-7-21/h2-17,19,27H,18H2,1H3,(H,30,31)(H,32,33)/t27-/m0/s1. The van der Waals surface area contributed by atoms with Crippen LogP contribution in [0.5, 0.6) is 0 Å². The van der Waals surface area contributed by atoms with Crippen LogP contribution in [0.3, 0.4) is 0 Å². The molecular weight excluding hydrogens is 474 g/mol. The van der Waals surface area contributed by atoms with Crippen LogP contribution >= 0.6 is 0 Å². The lowest BCUT2D eigenvalue weighted by atomic mass is 10.00. The second-order valence-electron chi connectivity index (χ2n) is 8.51. The summed E-state index contributed by atoms with van der Waals surface area (Å²) in [6.07, 6.45) is 1.28. The van der Waals surface area contributed by atoms with Gasteiger partial charge in [0.2, 0.25) is 0 Å². The van der Waals surface area contributed by atoms with Gasteiger partial charge in [0.15, 0.2) is 9.84 Å². The Morgan fingerprint density at radius 3 is 1.92 bits per heavy atom. The summed E-state index contributed by atoms with van der Waals surface area (Å²) in [7, 11) is -3.31. The fourth-order valence-corrected chi connectivity index (χ4v) is 4.51. The first kappa shape index (κ1) is 24.9. The fraction of sp³-hybridized carbons (Fsp3) is 0.103. The molecule has 0 spiro atoms. The van der Waals surface area contributed by atoms with Crippen molar-refractivity contribution in [2.45, 2.75) is 17.4 Å². The maximum Gasteiger partial charge on any atom is 0.326 e. The number of amides is 1. The zero-order valence-electron chi connectivity index (χ0n) is 19.6. The van der Waals surface area contributed by atoms with E-state index in [0.717, 1.165) is 28.5 Å². The summed E-state index contributed by atoms with van der Waals surface area (Å²) < 4.78 is 23.4. The Kier molecular flexibility index (Phi) is 7.31. The molecule has 1 amide bonds. The number of hydrogen-bond acceptors (Lipinski definition) is 4. The number of nitrogens with one attached hydrogen (secondary N) is 1. The molecule has 0 heterocycles. The maximum atomic E-state index is 12.9. The SMILES string of the molecule is CS(=O)(=O)c1ccc(-c2cccc(C(=O)N[C@@H](Cc3ccc(-c4ccccc4)cc3)C(=O)O)c2)cc1. The average molecular weight is 500 g/mol. The van der Waals surface area contributed by atoms with Gasteiger partial charge in [-0.15, -0.1) is 0 Å². The van der Waals surface area contributed by atoms with Gasteiger partial charge in [0.1, 0.15) is 6.04 Å². The molecule has 0 saturated heterocycles. The summed E-state index contributed by atoms with van der Waals surface area (Å²) in [5, 5.41) is 12.3. The Morgan fingerprint density at radius 1 is 0.750 bits per heavy atom. The number of sulfone groups is 1. The third kappa shape index (κ3) is 6.06. The van der Waals surface area contributed by atoms with Crippen LogP contribution in [0.2, 0.25) is 0 Å². The smallest absolute Gasteiger partial charge is 0.326 e. The normalized spacial score (nSPS) is 12.0. The molecule has 7 heteroatoms. The molecule has 0 aliphatic carbocycles. The van der Waals surface area contributed by atoms with E-state index in [1.165, 1.54) is 12.1 Å². The molecule has 0 bridgehead atoms. The zero-order valence-corrected chi connectivity index (χ0v) is 20.4. The van der Waals surface area contributed by atoms with E-state index >= 15 is 0 Å². The number of rotatable bonds is 8. The second-order valence-corrected chi connectivity index (χ2v) is 10.5. The average Bonchev–Trinajstić information content (AvgIpc) is 2.89. The molecule has 182 valence electrons. The van der Waals surface area contributed by atoms with Crippen LogP contribution in [-0.4, -0.2) is 37.7 Å². The Balaban J connectivity index is 1.47. The van der Waals surface area contributed by atoms with Gasteiger partial charge in [-0.05, 0) is 52.1 Å². The minimum Gasteiger partial charge on any atom is -0.480 e. The van der Waals surface area contributed by atoms with Crippen LogP contribution in [0, 0.1) is 0 Å². The molecule has 0 radical (unpaired) electrons. The summed E-state index contributed by atoms with van der Waals surface area (Å²) in [5.41, 5.74) is 4.65. The predicted molar refractivity (Wildman–Crippen MR) is 139 cm³/mol. The van der Waals surface area contributed by atoms with Crippen molar-refractivity contribution in [3.05, 3.63) is 114 Å². The van der Waals surface area contributed by atoms with Crippen LogP contribution in [0.25, 0.3) is 22.3 Å². The summed E-state index contributed by atoms with van der Waals surface area (Å²) in [5.74, 6) is -1.62. The van der Waals surface area contributed by atoms with Gasteiger partial charge in [-0.1, -0.05) is 78.9 Å². The van der Waals surface area contributed by atoms with Crippen molar-refractivity contribution in [1.29, 1.82) is 0 Å². The van der Waals surface area contributed by atoms with Crippen molar-refractivity contribution in [3.8, 4) is 22.3 Å². The van der Waals surface area contributed by atoms with Gasteiger partial charge in [0.25, 0.3) is 5.91 Å². The quantitative estimate of drug-likeness (QED) is 0.361. The van der Waals surface area contributed by atoms with Crippen molar-refractivity contribution in [2.75, 3.05) is 6.26 Å². The number of aliphatic carboxylic acids is 1. The molecule has 0 aliphatic heterocycles. The summed E-state index contributed by atoms with van der Waals surface area (Å²) in [4.78, 5) is 25.0. The van der Waals surface area contributed by atoms with E-state index in [0.29, 0.717) is 11.1 Å². The van der Waals surface area contributed by atoms with E-state index in [-0.39, 0.29) is 11.3 Å². The van der Waals surface area contributed by atoms with Gasteiger partial charge in [0, 0.05) is 18.2 Å². The van der Waals surface area contributed by atoms with E-state index in [9.17, 15) is 23.1 Å². The largest absolute Gasteiger partial charge is 0.480 e. The number of carbonyl (C=O) groups excluding carboxylic acids is 1.